The Hall–Kier alpha value is -6.90. The maximum absolute atomic E-state index is 6.31. The lowest BCUT2D eigenvalue weighted by atomic mass is 9.94. The summed E-state index contributed by atoms with van der Waals surface area (Å²) in [5.74, 6) is 0.870. The van der Waals surface area contributed by atoms with Gasteiger partial charge in [0.25, 0.3) is 0 Å². The number of furan rings is 1. The Morgan fingerprint density at radius 3 is 1.35 bits per heavy atom. The molecule has 9 rings (SSSR count). The van der Waals surface area contributed by atoms with Crippen molar-refractivity contribution in [3.8, 4) is 55.8 Å². The van der Waals surface area contributed by atoms with Crippen molar-refractivity contribution in [2.24, 2.45) is 0 Å². The van der Waals surface area contributed by atoms with Gasteiger partial charge < -0.3 is 9.32 Å². The maximum atomic E-state index is 6.31. The highest BCUT2D eigenvalue weighted by Crippen LogP contribution is 2.41. The average Bonchev–Trinajstić information content (AvgIpc) is 3.67. The zero-order valence-corrected chi connectivity index (χ0v) is 28.6. The molecule has 0 atom stereocenters. The van der Waals surface area contributed by atoms with E-state index >= 15 is 0 Å². The van der Waals surface area contributed by atoms with Crippen LogP contribution in [0.1, 0.15) is 0 Å². The molecule has 0 saturated heterocycles. The summed E-state index contributed by atoms with van der Waals surface area (Å²) in [5, 5.41) is 1.10. The number of hydrogen-bond donors (Lipinski definition) is 0. The summed E-state index contributed by atoms with van der Waals surface area (Å²) in [6, 6.07) is 75.2. The summed E-state index contributed by atoms with van der Waals surface area (Å²) in [7, 11) is 0. The van der Waals surface area contributed by atoms with E-state index in [2.05, 4.69) is 199 Å². The van der Waals surface area contributed by atoms with Gasteiger partial charge in [0.15, 0.2) is 0 Å². The van der Waals surface area contributed by atoms with Crippen molar-refractivity contribution in [3.05, 3.63) is 212 Å². The van der Waals surface area contributed by atoms with Crippen molar-refractivity contribution >= 4 is 28.0 Å². The summed E-state index contributed by atoms with van der Waals surface area (Å²) in [4.78, 5) is 2.34. The molecule has 2 nitrogen and oxygen atoms in total. The SMILES string of the molecule is c1ccc(-c2cccc(N(c3ccc(-c4ccccc4-c4ccccc4)cc3)c3ccc(-c4ccccc4-c4cc5ccccc5o4)cc3)c2)cc1. The number of hydrogen-bond acceptors (Lipinski definition) is 2. The molecule has 0 unspecified atom stereocenters. The standard InChI is InChI=1S/C50H35NO/c1-3-14-36(15-4-1)40-19-13-20-44(34-40)51(42-30-26-38(27-31-42)46-22-9-8-21-45(46)37-16-5-2-6-17-37)43-32-28-39(29-33-43)47-23-10-11-24-48(47)50-35-41-18-7-12-25-49(41)52-50/h1-35H. The van der Waals surface area contributed by atoms with E-state index in [9.17, 15) is 0 Å². The van der Waals surface area contributed by atoms with Gasteiger partial charge in [-0.15, -0.1) is 0 Å². The molecule has 0 aliphatic carbocycles. The van der Waals surface area contributed by atoms with Crippen LogP contribution in [-0.4, -0.2) is 0 Å². The minimum Gasteiger partial charge on any atom is -0.456 e. The topological polar surface area (TPSA) is 16.4 Å². The quantitative estimate of drug-likeness (QED) is 0.161. The molecule has 0 fully saturated rings. The summed E-state index contributed by atoms with van der Waals surface area (Å²) in [5.41, 5.74) is 14.7. The molecule has 9 aromatic rings. The molecule has 0 radical (unpaired) electrons. The number of benzene rings is 8. The lowest BCUT2D eigenvalue weighted by Crippen LogP contribution is -2.10. The Labute approximate surface area is 304 Å². The van der Waals surface area contributed by atoms with E-state index in [1.165, 1.54) is 33.4 Å². The van der Waals surface area contributed by atoms with E-state index in [-0.39, 0.29) is 0 Å². The molecule has 0 aliphatic heterocycles. The number of anilines is 3. The first-order chi connectivity index (χ1) is 25.8. The van der Waals surface area contributed by atoms with Crippen LogP contribution in [0.2, 0.25) is 0 Å². The second-order valence-electron chi connectivity index (χ2n) is 13.0. The minimum absolute atomic E-state index is 0.870. The molecule has 0 N–H and O–H groups in total. The van der Waals surface area contributed by atoms with Crippen LogP contribution in [0.5, 0.6) is 0 Å². The second kappa shape index (κ2) is 13.8. The van der Waals surface area contributed by atoms with Crippen LogP contribution in [0, 0.1) is 0 Å². The van der Waals surface area contributed by atoms with E-state index in [1.54, 1.807) is 0 Å². The maximum Gasteiger partial charge on any atom is 0.136 e. The first kappa shape index (κ1) is 31.1. The van der Waals surface area contributed by atoms with Gasteiger partial charge in [-0.2, -0.15) is 0 Å². The van der Waals surface area contributed by atoms with Gasteiger partial charge in [-0.1, -0.05) is 164 Å². The first-order valence-electron chi connectivity index (χ1n) is 17.7. The lowest BCUT2D eigenvalue weighted by Gasteiger charge is -2.26. The normalized spacial score (nSPS) is 11.1. The second-order valence-corrected chi connectivity index (χ2v) is 13.0. The van der Waals surface area contributed by atoms with Crippen LogP contribution < -0.4 is 4.90 Å². The fraction of sp³-hybridized carbons (Fsp3) is 0. The first-order valence-corrected chi connectivity index (χ1v) is 17.7. The monoisotopic (exact) mass is 665 g/mol. The van der Waals surface area contributed by atoms with Crippen molar-refractivity contribution in [2.45, 2.75) is 0 Å². The van der Waals surface area contributed by atoms with E-state index < -0.39 is 0 Å². The number of nitrogens with zero attached hydrogens (tertiary/aromatic N) is 1. The fourth-order valence-corrected chi connectivity index (χ4v) is 7.15. The smallest absolute Gasteiger partial charge is 0.136 e. The molecule has 0 bridgehead atoms. The molecule has 2 heteroatoms. The Balaban J connectivity index is 1.12. The van der Waals surface area contributed by atoms with Crippen LogP contribution in [0.4, 0.5) is 17.1 Å². The molecule has 52 heavy (non-hydrogen) atoms. The highest BCUT2D eigenvalue weighted by atomic mass is 16.3. The van der Waals surface area contributed by atoms with Crippen LogP contribution in [0.3, 0.4) is 0 Å². The van der Waals surface area contributed by atoms with Crippen LogP contribution in [0.25, 0.3) is 66.8 Å². The van der Waals surface area contributed by atoms with Crippen LogP contribution >= 0.6 is 0 Å². The Kier molecular flexibility index (Phi) is 8.24. The highest BCUT2D eigenvalue weighted by Gasteiger charge is 2.17. The highest BCUT2D eigenvalue weighted by molar-refractivity contribution is 5.90. The molecular weight excluding hydrogens is 631 g/mol. The lowest BCUT2D eigenvalue weighted by molar-refractivity contribution is 0.632. The van der Waals surface area contributed by atoms with Gasteiger partial charge in [0.2, 0.25) is 0 Å². The number of para-hydroxylation sites is 1. The van der Waals surface area contributed by atoms with E-state index in [4.69, 9.17) is 4.42 Å². The fourth-order valence-electron chi connectivity index (χ4n) is 7.15. The molecule has 1 aromatic heterocycles. The van der Waals surface area contributed by atoms with E-state index in [0.717, 1.165) is 50.5 Å². The predicted molar refractivity (Wildman–Crippen MR) is 218 cm³/mol. The molecule has 1 heterocycles. The minimum atomic E-state index is 0.870. The summed E-state index contributed by atoms with van der Waals surface area (Å²) in [6.45, 7) is 0. The van der Waals surface area contributed by atoms with Gasteiger partial charge in [0, 0.05) is 28.0 Å². The van der Waals surface area contributed by atoms with Crippen molar-refractivity contribution in [3.63, 3.8) is 0 Å². The third kappa shape index (κ3) is 6.08. The molecule has 0 spiro atoms. The summed E-state index contributed by atoms with van der Waals surface area (Å²) in [6.07, 6.45) is 0. The van der Waals surface area contributed by atoms with Crippen LogP contribution in [-0.2, 0) is 0 Å². The van der Waals surface area contributed by atoms with Gasteiger partial charge >= 0.3 is 0 Å². The zero-order chi connectivity index (χ0) is 34.7. The number of fused-ring (bicyclic) bond motifs is 1. The number of rotatable bonds is 8. The average molecular weight is 666 g/mol. The molecule has 0 saturated carbocycles. The van der Waals surface area contributed by atoms with Crippen molar-refractivity contribution < 1.29 is 4.42 Å². The molecule has 246 valence electrons. The zero-order valence-electron chi connectivity index (χ0n) is 28.6. The largest absolute Gasteiger partial charge is 0.456 e. The third-order valence-electron chi connectivity index (χ3n) is 9.71. The van der Waals surface area contributed by atoms with E-state index in [0.29, 0.717) is 0 Å². The van der Waals surface area contributed by atoms with Gasteiger partial charge in [-0.05, 0) is 93.0 Å². The molecule has 0 aliphatic rings. The Morgan fingerprint density at radius 1 is 0.288 bits per heavy atom. The summed E-state index contributed by atoms with van der Waals surface area (Å²) >= 11 is 0. The van der Waals surface area contributed by atoms with Gasteiger partial charge in [0.05, 0.1) is 0 Å². The van der Waals surface area contributed by atoms with Gasteiger partial charge in [0.1, 0.15) is 11.3 Å². The third-order valence-corrected chi connectivity index (χ3v) is 9.71. The van der Waals surface area contributed by atoms with Gasteiger partial charge in [-0.25, -0.2) is 0 Å². The van der Waals surface area contributed by atoms with E-state index in [1.807, 2.05) is 18.2 Å². The Bertz CT molecular complexity index is 2570. The van der Waals surface area contributed by atoms with Crippen molar-refractivity contribution in [1.82, 2.24) is 0 Å². The van der Waals surface area contributed by atoms with Crippen LogP contribution in [0.15, 0.2) is 217 Å². The molecule has 8 aromatic carbocycles. The van der Waals surface area contributed by atoms with Crippen molar-refractivity contribution in [2.75, 3.05) is 4.90 Å². The summed E-state index contributed by atoms with van der Waals surface area (Å²) < 4.78 is 6.31. The molecular formula is C50H35NO. The molecule has 0 amide bonds. The van der Waals surface area contributed by atoms with Gasteiger partial charge in [-0.3, -0.25) is 0 Å². The predicted octanol–water partition coefficient (Wildman–Crippen LogP) is 14.2. The van der Waals surface area contributed by atoms with Crippen molar-refractivity contribution in [1.29, 1.82) is 0 Å². The Morgan fingerprint density at radius 2 is 0.750 bits per heavy atom.